The monoisotopic (exact) mass is 362 g/mol. The van der Waals surface area contributed by atoms with Crippen LogP contribution in [0.15, 0.2) is 71.9 Å². The zero-order chi connectivity index (χ0) is 19.2. The molecule has 0 aromatic heterocycles. The van der Waals surface area contributed by atoms with Crippen LogP contribution in [-0.4, -0.2) is 24.8 Å². The number of carbonyl (C=O) groups is 1. The van der Waals surface area contributed by atoms with E-state index in [1.165, 1.54) is 5.01 Å². The van der Waals surface area contributed by atoms with Crippen LogP contribution >= 0.6 is 0 Å². The van der Waals surface area contributed by atoms with Gasteiger partial charge in [-0.3, -0.25) is 4.79 Å². The average Bonchev–Trinajstić information content (AvgIpc) is 2.96. The summed E-state index contributed by atoms with van der Waals surface area (Å²) in [5, 5.41) is 5.82. The zero-order valence-electron chi connectivity index (χ0n) is 15.5. The minimum Gasteiger partial charge on any atom is -0.490 e. The van der Waals surface area contributed by atoms with Crippen LogP contribution in [0.4, 0.5) is 5.69 Å². The fourth-order valence-electron chi connectivity index (χ4n) is 2.75. The molecule has 1 aliphatic rings. The molecule has 0 fully saturated rings. The van der Waals surface area contributed by atoms with E-state index in [1.54, 1.807) is 6.08 Å². The number of para-hydroxylation sites is 1. The van der Waals surface area contributed by atoms with Gasteiger partial charge in [0.25, 0.3) is 5.91 Å². The summed E-state index contributed by atoms with van der Waals surface area (Å²) >= 11 is 0. The van der Waals surface area contributed by atoms with E-state index < -0.39 is 0 Å². The topological polar surface area (TPSA) is 51.1 Å². The zero-order valence-corrected chi connectivity index (χ0v) is 15.5. The molecule has 1 aliphatic heterocycles. The molecule has 2 aromatic carbocycles. The number of anilines is 1. The molecule has 0 spiro atoms. The van der Waals surface area contributed by atoms with E-state index in [2.05, 4.69) is 11.7 Å². The standard InChI is InChI=1S/C22H22N2O3/c1-4-13-27-20-12-11-17(15-21(20)26-5-2)14-19-16(3)23-24(22(19)25)18-9-7-6-8-10-18/h4,6-12,14-15H,1,5,13H2,2-3H3/b19-14-. The molecule has 0 aliphatic carbocycles. The van der Waals surface area contributed by atoms with Crippen molar-refractivity contribution >= 4 is 23.4 Å². The maximum Gasteiger partial charge on any atom is 0.280 e. The summed E-state index contributed by atoms with van der Waals surface area (Å²) in [4.78, 5) is 12.8. The fraction of sp³-hybridized carbons (Fsp3) is 0.182. The minimum atomic E-state index is -0.149. The van der Waals surface area contributed by atoms with Crippen molar-refractivity contribution in [1.82, 2.24) is 0 Å². The summed E-state index contributed by atoms with van der Waals surface area (Å²) in [6.45, 7) is 8.32. The molecule has 0 saturated heterocycles. The molecule has 0 unspecified atom stereocenters. The minimum absolute atomic E-state index is 0.149. The summed E-state index contributed by atoms with van der Waals surface area (Å²) in [6.07, 6.45) is 3.50. The second-order valence-electron chi connectivity index (χ2n) is 5.93. The maximum absolute atomic E-state index is 12.8. The van der Waals surface area contributed by atoms with Gasteiger partial charge in [-0.25, -0.2) is 0 Å². The van der Waals surface area contributed by atoms with Gasteiger partial charge in [0.05, 0.1) is 23.6 Å². The molecule has 1 heterocycles. The third kappa shape index (κ3) is 4.08. The van der Waals surface area contributed by atoms with E-state index >= 15 is 0 Å². The van der Waals surface area contributed by atoms with Gasteiger partial charge in [-0.1, -0.05) is 36.9 Å². The molecule has 5 nitrogen and oxygen atoms in total. The van der Waals surface area contributed by atoms with Gasteiger partial charge in [0.2, 0.25) is 0 Å². The maximum atomic E-state index is 12.8. The van der Waals surface area contributed by atoms with Gasteiger partial charge in [0, 0.05) is 0 Å². The van der Waals surface area contributed by atoms with Gasteiger partial charge in [-0.15, -0.1) is 0 Å². The van der Waals surface area contributed by atoms with Gasteiger partial charge in [-0.05, 0) is 49.8 Å². The van der Waals surface area contributed by atoms with Crippen LogP contribution in [0.3, 0.4) is 0 Å². The number of amides is 1. The highest BCUT2D eigenvalue weighted by molar-refractivity contribution is 6.32. The molecule has 0 N–H and O–H groups in total. The highest BCUT2D eigenvalue weighted by Gasteiger charge is 2.28. The Morgan fingerprint density at radius 3 is 2.59 bits per heavy atom. The molecule has 2 aromatic rings. The Bertz CT molecular complexity index is 901. The molecular weight excluding hydrogens is 340 g/mol. The summed E-state index contributed by atoms with van der Waals surface area (Å²) < 4.78 is 11.3. The first-order valence-electron chi connectivity index (χ1n) is 8.81. The quantitative estimate of drug-likeness (QED) is 0.540. The van der Waals surface area contributed by atoms with Crippen molar-refractivity contribution in [2.24, 2.45) is 5.10 Å². The Hall–Kier alpha value is -3.34. The molecule has 27 heavy (non-hydrogen) atoms. The van der Waals surface area contributed by atoms with Crippen LogP contribution in [0.1, 0.15) is 19.4 Å². The SMILES string of the molecule is C=CCOc1ccc(/C=C2\C(=O)N(c3ccccc3)N=C2C)cc1OCC. The molecule has 138 valence electrons. The fourth-order valence-corrected chi connectivity index (χ4v) is 2.75. The van der Waals surface area contributed by atoms with E-state index in [1.807, 2.05) is 68.5 Å². The third-order valence-corrected chi connectivity index (χ3v) is 4.00. The average molecular weight is 362 g/mol. The molecule has 0 atom stereocenters. The van der Waals surface area contributed by atoms with Crippen molar-refractivity contribution in [1.29, 1.82) is 0 Å². The Morgan fingerprint density at radius 2 is 1.89 bits per heavy atom. The van der Waals surface area contributed by atoms with Gasteiger partial charge in [-0.2, -0.15) is 10.1 Å². The highest BCUT2D eigenvalue weighted by atomic mass is 16.5. The first kappa shape index (κ1) is 18.5. The van der Waals surface area contributed by atoms with E-state index in [-0.39, 0.29) is 5.91 Å². The van der Waals surface area contributed by atoms with Crippen LogP contribution in [0, 0.1) is 0 Å². The molecule has 1 amide bonds. The van der Waals surface area contributed by atoms with Gasteiger partial charge >= 0.3 is 0 Å². The number of hydrogen-bond donors (Lipinski definition) is 0. The van der Waals surface area contributed by atoms with Crippen molar-refractivity contribution in [2.45, 2.75) is 13.8 Å². The van der Waals surface area contributed by atoms with E-state index in [9.17, 15) is 4.79 Å². The smallest absolute Gasteiger partial charge is 0.280 e. The van der Waals surface area contributed by atoms with Crippen LogP contribution in [-0.2, 0) is 4.79 Å². The number of hydrazone groups is 1. The summed E-state index contributed by atoms with van der Waals surface area (Å²) in [7, 11) is 0. The second-order valence-corrected chi connectivity index (χ2v) is 5.93. The highest BCUT2D eigenvalue weighted by Crippen LogP contribution is 2.31. The predicted octanol–water partition coefficient (Wildman–Crippen LogP) is 4.46. The van der Waals surface area contributed by atoms with Crippen molar-refractivity contribution in [3.63, 3.8) is 0 Å². The lowest BCUT2D eigenvalue weighted by molar-refractivity contribution is -0.114. The molecule has 0 bridgehead atoms. The molecule has 0 saturated carbocycles. The molecular formula is C22H22N2O3. The first-order valence-corrected chi connectivity index (χ1v) is 8.81. The predicted molar refractivity (Wildman–Crippen MR) is 108 cm³/mol. The Labute approximate surface area is 159 Å². The normalized spacial score (nSPS) is 15.0. The van der Waals surface area contributed by atoms with Crippen molar-refractivity contribution in [3.8, 4) is 11.5 Å². The number of benzene rings is 2. The second kappa shape index (κ2) is 8.36. The first-order chi connectivity index (χ1) is 13.1. The lowest BCUT2D eigenvalue weighted by Gasteiger charge is -2.12. The molecule has 3 rings (SSSR count). The Kier molecular flexibility index (Phi) is 5.71. The largest absolute Gasteiger partial charge is 0.490 e. The van der Waals surface area contributed by atoms with E-state index in [0.717, 1.165) is 11.3 Å². The number of nitrogens with zero attached hydrogens (tertiary/aromatic N) is 2. The lowest BCUT2D eigenvalue weighted by atomic mass is 10.1. The van der Waals surface area contributed by atoms with Gasteiger partial charge < -0.3 is 9.47 Å². The number of ether oxygens (including phenoxy) is 2. The van der Waals surface area contributed by atoms with E-state index in [4.69, 9.17) is 9.47 Å². The summed E-state index contributed by atoms with van der Waals surface area (Å²) in [6, 6.07) is 15.0. The van der Waals surface area contributed by atoms with Crippen LogP contribution in [0.2, 0.25) is 0 Å². The third-order valence-electron chi connectivity index (χ3n) is 4.00. The van der Waals surface area contributed by atoms with E-state index in [0.29, 0.717) is 36.0 Å². The Morgan fingerprint density at radius 1 is 1.11 bits per heavy atom. The van der Waals surface area contributed by atoms with Crippen LogP contribution < -0.4 is 14.5 Å². The number of rotatable bonds is 7. The van der Waals surface area contributed by atoms with Gasteiger partial charge in [0.15, 0.2) is 11.5 Å². The lowest BCUT2D eigenvalue weighted by Crippen LogP contribution is -2.21. The van der Waals surface area contributed by atoms with Crippen molar-refractivity contribution < 1.29 is 14.3 Å². The van der Waals surface area contributed by atoms with Crippen LogP contribution in [0.5, 0.6) is 11.5 Å². The molecule has 0 radical (unpaired) electrons. The summed E-state index contributed by atoms with van der Waals surface area (Å²) in [5.74, 6) is 1.13. The van der Waals surface area contributed by atoms with Crippen molar-refractivity contribution in [3.05, 3.63) is 72.3 Å². The number of hydrogen-bond acceptors (Lipinski definition) is 4. The Balaban J connectivity index is 1.90. The summed E-state index contributed by atoms with van der Waals surface area (Å²) in [5.41, 5.74) is 2.82. The number of carbonyl (C=O) groups excluding carboxylic acids is 1. The van der Waals surface area contributed by atoms with Crippen molar-refractivity contribution in [2.75, 3.05) is 18.2 Å². The van der Waals surface area contributed by atoms with Crippen LogP contribution in [0.25, 0.3) is 6.08 Å². The van der Waals surface area contributed by atoms with Gasteiger partial charge in [0.1, 0.15) is 6.61 Å². The molecule has 5 heteroatoms.